The van der Waals surface area contributed by atoms with E-state index in [1.165, 1.54) is 5.56 Å². The first-order valence-corrected chi connectivity index (χ1v) is 4.14. The molecule has 2 rings (SSSR count). The summed E-state index contributed by atoms with van der Waals surface area (Å²) in [5.74, 6) is 0. The number of aryl methyl sites for hydroxylation is 1. The molecular weight excluding hydrogens is 158 g/mol. The molecule has 1 aromatic carbocycles. The zero-order valence-electron chi connectivity index (χ0n) is 6.39. The van der Waals surface area contributed by atoms with Crippen molar-refractivity contribution in [3.63, 3.8) is 0 Å². The summed E-state index contributed by atoms with van der Waals surface area (Å²) in [6, 6.07) is 6.80. The van der Waals surface area contributed by atoms with Crippen LogP contribution in [-0.4, -0.2) is 6.54 Å². The molecule has 1 saturated heterocycles. The SMILES string of the molecule is Cc1ccc([C@H]2CN2)cc1Cl. The number of halogens is 1. The van der Waals surface area contributed by atoms with Crippen molar-refractivity contribution in [1.29, 1.82) is 0 Å². The summed E-state index contributed by atoms with van der Waals surface area (Å²) in [6.07, 6.45) is 0. The molecule has 0 aromatic heterocycles. The lowest BCUT2D eigenvalue weighted by molar-refractivity contribution is 1.08. The maximum Gasteiger partial charge on any atom is 0.0448 e. The summed E-state index contributed by atoms with van der Waals surface area (Å²) >= 11 is 5.96. The van der Waals surface area contributed by atoms with Gasteiger partial charge in [-0.2, -0.15) is 0 Å². The quantitative estimate of drug-likeness (QED) is 0.637. The summed E-state index contributed by atoms with van der Waals surface area (Å²) in [4.78, 5) is 0. The highest BCUT2D eigenvalue weighted by atomic mass is 35.5. The molecule has 11 heavy (non-hydrogen) atoms. The second kappa shape index (κ2) is 2.50. The molecule has 2 heteroatoms. The molecule has 1 nitrogen and oxygen atoms in total. The van der Waals surface area contributed by atoms with Crippen molar-refractivity contribution in [2.45, 2.75) is 13.0 Å². The zero-order chi connectivity index (χ0) is 7.84. The van der Waals surface area contributed by atoms with E-state index in [0.29, 0.717) is 6.04 Å². The third-order valence-corrected chi connectivity index (χ3v) is 2.41. The Kier molecular flexibility index (Phi) is 1.63. The minimum Gasteiger partial charge on any atom is -0.307 e. The van der Waals surface area contributed by atoms with Crippen LogP contribution in [0.3, 0.4) is 0 Å². The first-order valence-electron chi connectivity index (χ1n) is 3.77. The van der Waals surface area contributed by atoms with Gasteiger partial charge < -0.3 is 5.32 Å². The number of hydrogen-bond donors (Lipinski definition) is 1. The Labute approximate surface area is 71.4 Å². The molecule has 1 fully saturated rings. The van der Waals surface area contributed by atoms with E-state index < -0.39 is 0 Å². The van der Waals surface area contributed by atoms with Crippen molar-refractivity contribution in [1.82, 2.24) is 5.32 Å². The Morgan fingerprint density at radius 3 is 2.82 bits per heavy atom. The van der Waals surface area contributed by atoms with Gasteiger partial charge in [0.2, 0.25) is 0 Å². The van der Waals surface area contributed by atoms with Gasteiger partial charge in [-0.25, -0.2) is 0 Å². The van der Waals surface area contributed by atoms with Crippen LogP contribution in [0.15, 0.2) is 18.2 Å². The van der Waals surface area contributed by atoms with Crippen molar-refractivity contribution >= 4 is 11.6 Å². The topological polar surface area (TPSA) is 21.9 Å². The van der Waals surface area contributed by atoms with Crippen LogP contribution in [0.1, 0.15) is 17.2 Å². The smallest absolute Gasteiger partial charge is 0.0448 e. The van der Waals surface area contributed by atoms with Crippen LogP contribution in [0.4, 0.5) is 0 Å². The second-order valence-electron chi connectivity index (χ2n) is 2.97. The Hall–Kier alpha value is -0.530. The van der Waals surface area contributed by atoms with Gasteiger partial charge in [-0.05, 0) is 24.1 Å². The average Bonchev–Trinajstić information content (AvgIpc) is 2.77. The van der Waals surface area contributed by atoms with Crippen LogP contribution >= 0.6 is 11.6 Å². The largest absolute Gasteiger partial charge is 0.307 e. The first-order chi connectivity index (χ1) is 5.27. The van der Waals surface area contributed by atoms with Crippen molar-refractivity contribution in [2.24, 2.45) is 0 Å². The Morgan fingerprint density at radius 1 is 1.55 bits per heavy atom. The van der Waals surface area contributed by atoms with Crippen molar-refractivity contribution in [3.05, 3.63) is 34.3 Å². The maximum absolute atomic E-state index is 5.96. The van der Waals surface area contributed by atoms with Crippen LogP contribution in [0, 0.1) is 6.92 Å². The van der Waals surface area contributed by atoms with Gasteiger partial charge in [-0.15, -0.1) is 0 Å². The molecule has 1 aliphatic rings. The van der Waals surface area contributed by atoms with Crippen LogP contribution in [0.25, 0.3) is 0 Å². The predicted molar refractivity (Wildman–Crippen MR) is 46.9 cm³/mol. The van der Waals surface area contributed by atoms with Crippen LogP contribution in [0.5, 0.6) is 0 Å². The number of nitrogens with one attached hydrogen (secondary N) is 1. The molecule has 0 saturated carbocycles. The fraction of sp³-hybridized carbons (Fsp3) is 0.333. The molecule has 1 aromatic rings. The van der Waals surface area contributed by atoms with E-state index in [1.807, 2.05) is 13.0 Å². The van der Waals surface area contributed by atoms with Crippen LogP contribution < -0.4 is 5.32 Å². The van der Waals surface area contributed by atoms with Crippen LogP contribution in [0.2, 0.25) is 5.02 Å². The molecule has 1 aliphatic heterocycles. The summed E-state index contributed by atoms with van der Waals surface area (Å²) in [6.45, 7) is 3.12. The Morgan fingerprint density at radius 2 is 2.27 bits per heavy atom. The van der Waals surface area contributed by atoms with E-state index in [4.69, 9.17) is 11.6 Å². The number of benzene rings is 1. The summed E-state index contributed by atoms with van der Waals surface area (Å²) < 4.78 is 0. The average molecular weight is 168 g/mol. The molecule has 0 unspecified atom stereocenters. The van der Waals surface area contributed by atoms with Crippen molar-refractivity contribution in [3.8, 4) is 0 Å². The van der Waals surface area contributed by atoms with Crippen LogP contribution in [-0.2, 0) is 0 Å². The zero-order valence-corrected chi connectivity index (χ0v) is 7.15. The number of hydrogen-bond acceptors (Lipinski definition) is 1. The molecule has 0 bridgehead atoms. The van der Waals surface area contributed by atoms with Gasteiger partial charge in [-0.3, -0.25) is 0 Å². The van der Waals surface area contributed by atoms with Gasteiger partial charge in [0, 0.05) is 17.6 Å². The molecule has 0 spiro atoms. The molecule has 0 amide bonds. The third kappa shape index (κ3) is 1.39. The normalized spacial score (nSPS) is 21.8. The Balaban J connectivity index is 2.36. The van der Waals surface area contributed by atoms with Gasteiger partial charge in [0.05, 0.1) is 0 Å². The first kappa shape index (κ1) is 7.14. The van der Waals surface area contributed by atoms with E-state index in [-0.39, 0.29) is 0 Å². The van der Waals surface area contributed by atoms with Gasteiger partial charge in [0.1, 0.15) is 0 Å². The third-order valence-electron chi connectivity index (χ3n) is 2.01. The van der Waals surface area contributed by atoms with E-state index in [1.54, 1.807) is 0 Å². The van der Waals surface area contributed by atoms with E-state index in [9.17, 15) is 0 Å². The molecule has 1 atom stereocenters. The van der Waals surface area contributed by atoms with Gasteiger partial charge in [0.25, 0.3) is 0 Å². The molecule has 58 valence electrons. The van der Waals surface area contributed by atoms with Gasteiger partial charge in [-0.1, -0.05) is 23.7 Å². The molecule has 0 radical (unpaired) electrons. The molecule has 1 N–H and O–H groups in total. The molecule has 0 aliphatic carbocycles. The lowest BCUT2D eigenvalue weighted by Crippen LogP contribution is -1.84. The minimum atomic E-state index is 0.563. The monoisotopic (exact) mass is 167 g/mol. The lowest BCUT2D eigenvalue weighted by atomic mass is 10.1. The fourth-order valence-electron chi connectivity index (χ4n) is 1.12. The van der Waals surface area contributed by atoms with Gasteiger partial charge in [0.15, 0.2) is 0 Å². The van der Waals surface area contributed by atoms with E-state index in [2.05, 4.69) is 17.4 Å². The van der Waals surface area contributed by atoms with Crippen molar-refractivity contribution in [2.75, 3.05) is 6.54 Å². The molecular formula is C9H10ClN. The summed E-state index contributed by atoms with van der Waals surface area (Å²) in [5.41, 5.74) is 2.46. The van der Waals surface area contributed by atoms with E-state index in [0.717, 1.165) is 17.1 Å². The van der Waals surface area contributed by atoms with Crippen molar-refractivity contribution < 1.29 is 0 Å². The predicted octanol–water partition coefficient (Wildman–Crippen LogP) is 2.29. The number of rotatable bonds is 1. The van der Waals surface area contributed by atoms with E-state index >= 15 is 0 Å². The Bertz CT molecular complexity index is 279. The summed E-state index contributed by atoms with van der Waals surface area (Å²) in [5, 5.41) is 4.11. The molecule has 1 heterocycles. The van der Waals surface area contributed by atoms with Gasteiger partial charge >= 0.3 is 0 Å². The fourth-order valence-corrected chi connectivity index (χ4v) is 1.31. The highest BCUT2D eigenvalue weighted by Crippen LogP contribution is 2.25. The minimum absolute atomic E-state index is 0.563. The highest BCUT2D eigenvalue weighted by molar-refractivity contribution is 6.31. The summed E-state index contributed by atoms with van der Waals surface area (Å²) in [7, 11) is 0. The standard InChI is InChI=1S/C9H10ClN/c1-6-2-3-7(4-8(6)10)9-5-11-9/h2-4,9,11H,5H2,1H3/t9-/m1/s1. The lowest BCUT2D eigenvalue weighted by Gasteiger charge is -2.00. The highest BCUT2D eigenvalue weighted by Gasteiger charge is 2.22. The maximum atomic E-state index is 5.96. The second-order valence-corrected chi connectivity index (χ2v) is 3.38.